The zero-order valence-corrected chi connectivity index (χ0v) is 24.1. The van der Waals surface area contributed by atoms with Gasteiger partial charge in [0.2, 0.25) is 0 Å². The molecule has 210 valence electrons. The Labute approximate surface area is 241 Å². The van der Waals surface area contributed by atoms with E-state index in [9.17, 15) is 18.8 Å². The van der Waals surface area contributed by atoms with Gasteiger partial charge in [0.05, 0.1) is 12.1 Å². The average molecular weight is 612 g/mol. The monoisotopic (exact) mass is 610 g/mol. The van der Waals surface area contributed by atoms with E-state index in [0.717, 1.165) is 15.6 Å². The lowest BCUT2D eigenvalue weighted by Crippen LogP contribution is -2.44. The molecule has 0 radical (unpaired) electrons. The first-order valence-corrected chi connectivity index (χ1v) is 13.7. The lowest BCUT2D eigenvalue weighted by atomic mass is 10.0. The number of anilines is 1. The highest BCUT2D eigenvalue weighted by molar-refractivity contribution is 9.10. The molecule has 1 aliphatic heterocycles. The third-order valence-corrected chi connectivity index (χ3v) is 6.79. The summed E-state index contributed by atoms with van der Waals surface area (Å²) < 4.78 is 19.7. The largest absolute Gasteiger partial charge is 0.444 e. The van der Waals surface area contributed by atoms with Crippen molar-refractivity contribution >= 4 is 39.6 Å². The summed E-state index contributed by atoms with van der Waals surface area (Å²) in [4.78, 5) is 39.9. The van der Waals surface area contributed by atoms with Gasteiger partial charge in [-0.2, -0.15) is 0 Å². The number of nitrogens with zero attached hydrogens (tertiary/aromatic N) is 1. The number of halogens is 2. The van der Waals surface area contributed by atoms with Crippen molar-refractivity contribution in [3.8, 4) is 0 Å². The van der Waals surface area contributed by atoms with Crippen molar-refractivity contribution in [2.45, 2.75) is 51.4 Å². The van der Waals surface area contributed by atoms with Gasteiger partial charge in [-0.05, 0) is 86.8 Å². The minimum Gasteiger partial charge on any atom is -0.444 e. The molecule has 4 amide bonds. The molecule has 1 saturated heterocycles. The lowest BCUT2D eigenvalue weighted by molar-refractivity contribution is 0.0221. The van der Waals surface area contributed by atoms with Crippen molar-refractivity contribution in [3.05, 3.63) is 99.8 Å². The Bertz CT molecular complexity index is 1360. The van der Waals surface area contributed by atoms with Gasteiger partial charge in [0.25, 0.3) is 5.91 Å². The average Bonchev–Trinajstić information content (AvgIpc) is 3.31. The van der Waals surface area contributed by atoms with E-state index < -0.39 is 17.5 Å². The highest BCUT2D eigenvalue weighted by Crippen LogP contribution is 2.34. The predicted molar refractivity (Wildman–Crippen MR) is 154 cm³/mol. The molecule has 3 aromatic carbocycles. The topological polar surface area (TPSA) is 99.8 Å². The highest BCUT2D eigenvalue weighted by atomic mass is 79.9. The van der Waals surface area contributed by atoms with Crippen LogP contribution in [0.1, 0.15) is 54.7 Å². The van der Waals surface area contributed by atoms with E-state index >= 15 is 0 Å². The summed E-state index contributed by atoms with van der Waals surface area (Å²) in [5.41, 5.74) is 1.98. The summed E-state index contributed by atoms with van der Waals surface area (Å²) >= 11 is 3.44. The van der Waals surface area contributed by atoms with Crippen LogP contribution < -0.4 is 16.0 Å². The van der Waals surface area contributed by atoms with E-state index in [-0.39, 0.29) is 30.6 Å². The minimum atomic E-state index is -0.642. The number of carbonyl (C=O) groups excluding carboxylic acids is 3. The number of urea groups is 1. The third kappa shape index (κ3) is 8.05. The highest BCUT2D eigenvalue weighted by Gasteiger charge is 2.39. The number of benzene rings is 3. The van der Waals surface area contributed by atoms with E-state index in [1.165, 1.54) is 24.3 Å². The zero-order valence-electron chi connectivity index (χ0n) is 22.5. The molecule has 2 unspecified atom stereocenters. The van der Waals surface area contributed by atoms with Gasteiger partial charge in [0.15, 0.2) is 0 Å². The molecule has 10 heteroatoms. The molecule has 0 bridgehead atoms. The SMILES string of the molecule is CC(C)(C)OC(=O)N1CC(NC(=O)NCc2cccc(NC(=O)c3ccc(F)cc3)c2)CC1c1ccc(Br)cc1. The quantitative estimate of drug-likeness (QED) is 0.301. The van der Waals surface area contributed by atoms with Gasteiger partial charge in [-0.25, -0.2) is 14.0 Å². The molecule has 1 fully saturated rings. The molecule has 0 aromatic heterocycles. The van der Waals surface area contributed by atoms with Crippen molar-refractivity contribution in [2.24, 2.45) is 0 Å². The smallest absolute Gasteiger partial charge is 0.410 e. The maximum atomic E-state index is 13.1. The van der Waals surface area contributed by atoms with Gasteiger partial charge in [-0.3, -0.25) is 9.69 Å². The van der Waals surface area contributed by atoms with E-state index in [2.05, 4.69) is 31.9 Å². The second kappa shape index (κ2) is 12.5. The minimum absolute atomic E-state index is 0.227. The normalized spacial score (nSPS) is 16.8. The van der Waals surface area contributed by atoms with E-state index in [0.29, 0.717) is 24.2 Å². The molecule has 0 spiro atoms. The molecule has 1 heterocycles. The van der Waals surface area contributed by atoms with Crippen molar-refractivity contribution in [1.82, 2.24) is 15.5 Å². The first-order chi connectivity index (χ1) is 19.0. The van der Waals surface area contributed by atoms with Gasteiger partial charge in [0.1, 0.15) is 11.4 Å². The summed E-state index contributed by atoms with van der Waals surface area (Å²) in [7, 11) is 0. The fourth-order valence-corrected chi connectivity index (χ4v) is 4.71. The Morgan fingerprint density at radius 3 is 2.40 bits per heavy atom. The van der Waals surface area contributed by atoms with Crippen LogP contribution in [0.3, 0.4) is 0 Å². The van der Waals surface area contributed by atoms with Gasteiger partial charge in [-0.15, -0.1) is 0 Å². The number of hydrogen-bond donors (Lipinski definition) is 3. The molecular formula is C30H32BrFN4O4. The molecule has 3 aromatic rings. The van der Waals surface area contributed by atoms with Crippen molar-refractivity contribution < 1.29 is 23.5 Å². The number of amides is 4. The molecule has 1 aliphatic rings. The number of ether oxygens (including phenoxy) is 1. The zero-order chi connectivity index (χ0) is 28.9. The number of likely N-dealkylation sites (tertiary alicyclic amines) is 1. The molecular weight excluding hydrogens is 579 g/mol. The maximum absolute atomic E-state index is 13.1. The number of rotatable bonds is 6. The summed E-state index contributed by atoms with van der Waals surface area (Å²) in [6.45, 7) is 6.00. The Morgan fingerprint density at radius 1 is 1.02 bits per heavy atom. The van der Waals surface area contributed by atoms with Crippen LogP contribution in [0.25, 0.3) is 0 Å². The van der Waals surface area contributed by atoms with Crippen LogP contribution >= 0.6 is 15.9 Å². The molecule has 2 atom stereocenters. The van der Waals surface area contributed by atoms with E-state index in [4.69, 9.17) is 4.74 Å². The molecule has 4 rings (SSSR count). The summed E-state index contributed by atoms with van der Waals surface area (Å²) in [6.07, 6.45) is 0.115. The predicted octanol–water partition coefficient (Wildman–Crippen LogP) is 6.39. The van der Waals surface area contributed by atoms with Gasteiger partial charge in [0, 0.05) is 28.8 Å². The molecule has 0 saturated carbocycles. The summed E-state index contributed by atoms with van der Waals surface area (Å²) in [6, 6.07) is 19.2. The van der Waals surface area contributed by atoms with E-state index in [1.54, 1.807) is 23.1 Å². The van der Waals surface area contributed by atoms with Gasteiger partial charge >= 0.3 is 12.1 Å². The van der Waals surface area contributed by atoms with Crippen molar-refractivity contribution in [1.29, 1.82) is 0 Å². The number of nitrogens with one attached hydrogen (secondary N) is 3. The Kier molecular flexibility index (Phi) is 9.09. The molecule has 8 nitrogen and oxygen atoms in total. The number of carbonyl (C=O) groups is 3. The standard InChI is InChI=1S/C30H32BrFN4O4/c1-30(2,3)40-29(39)36-18-25(16-26(36)20-7-11-22(31)12-8-20)35-28(38)33-17-19-5-4-6-24(15-19)34-27(37)21-9-13-23(32)14-10-21/h4-15,25-26H,16-18H2,1-3H3,(H,34,37)(H2,33,35,38). The summed E-state index contributed by atoms with van der Waals surface area (Å²) in [5.74, 6) is -0.777. The first-order valence-electron chi connectivity index (χ1n) is 12.9. The summed E-state index contributed by atoms with van der Waals surface area (Å²) in [5, 5.41) is 8.59. The Balaban J connectivity index is 1.35. The van der Waals surface area contributed by atoms with Gasteiger partial charge < -0.3 is 20.7 Å². The van der Waals surface area contributed by atoms with Crippen LogP contribution in [0.2, 0.25) is 0 Å². The van der Waals surface area contributed by atoms with E-state index in [1.807, 2.05) is 51.1 Å². The number of hydrogen-bond acceptors (Lipinski definition) is 4. The second-order valence-electron chi connectivity index (χ2n) is 10.6. The van der Waals surface area contributed by atoms with Crippen LogP contribution in [0.4, 0.5) is 19.7 Å². The Hall–Kier alpha value is -3.92. The third-order valence-electron chi connectivity index (χ3n) is 6.26. The molecule has 3 N–H and O–H groups in total. The van der Waals surface area contributed by atoms with Crippen LogP contribution in [0.5, 0.6) is 0 Å². The van der Waals surface area contributed by atoms with Crippen molar-refractivity contribution in [2.75, 3.05) is 11.9 Å². The first kappa shape index (κ1) is 29.1. The van der Waals surface area contributed by atoms with Crippen LogP contribution in [0.15, 0.2) is 77.3 Å². The lowest BCUT2D eigenvalue weighted by Gasteiger charge is -2.28. The van der Waals surface area contributed by atoms with Gasteiger partial charge in [-0.1, -0.05) is 40.2 Å². The molecule has 40 heavy (non-hydrogen) atoms. The van der Waals surface area contributed by atoms with Crippen LogP contribution in [0, 0.1) is 5.82 Å². The fourth-order valence-electron chi connectivity index (χ4n) is 4.45. The Morgan fingerprint density at radius 2 is 1.73 bits per heavy atom. The molecule has 0 aliphatic carbocycles. The fraction of sp³-hybridized carbons (Fsp3) is 0.300. The second-order valence-corrected chi connectivity index (χ2v) is 11.5. The van der Waals surface area contributed by atoms with Crippen LogP contribution in [-0.4, -0.2) is 41.1 Å². The maximum Gasteiger partial charge on any atom is 0.410 e. The van der Waals surface area contributed by atoms with Crippen molar-refractivity contribution in [3.63, 3.8) is 0 Å². The van der Waals surface area contributed by atoms with Crippen LogP contribution in [-0.2, 0) is 11.3 Å².